The average Bonchev–Trinajstić information content (AvgIpc) is 2.56. The number of rotatable bonds is 4. The highest BCUT2D eigenvalue weighted by molar-refractivity contribution is 6.32. The number of benzene rings is 1. The molecule has 0 aliphatic carbocycles. The van der Waals surface area contributed by atoms with Crippen LogP contribution in [0.4, 0.5) is 0 Å². The second-order valence-corrected chi connectivity index (χ2v) is 5.13. The van der Waals surface area contributed by atoms with Crippen molar-refractivity contribution in [1.29, 1.82) is 0 Å². The van der Waals surface area contributed by atoms with Crippen molar-refractivity contribution in [3.05, 3.63) is 42.0 Å². The van der Waals surface area contributed by atoms with Crippen molar-refractivity contribution in [3.8, 4) is 0 Å². The molecule has 0 bridgehead atoms. The average molecular weight is 302 g/mol. The van der Waals surface area contributed by atoms with Crippen LogP contribution in [0.3, 0.4) is 0 Å². The molecule has 1 fully saturated rings. The van der Waals surface area contributed by atoms with Gasteiger partial charge in [0.1, 0.15) is 0 Å². The third-order valence-corrected chi connectivity index (χ3v) is 3.58. The predicted octanol–water partition coefficient (Wildman–Crippen LogP) is 1.41. The van der Waals surface area contributed by atoms with Crippen LogP contribution in [0, 0.1) is 0 Å². The summed E-state index contributed by atoms with van der Waals surface area (Å²) in [6, 6.07) is 10.1. The number of ether oxygens (including phenoxy) is 1. The molecule has 5 heteroatoms. The quantitative estimate of drug-likeness (QED) is 0.623. The minimum absolute atomic E-state index is 0.231. The first kappa shape index (κ1) is 16.2. The highest BCUT2D eigenvalue weighted by atomic mass is 16.5. The van der Waals surface area contributed by atoms with Crippen LogP contribution < -0.4 is 0 Å². The van der Waals surface area contributed by atoms with Gasteiger partial charge in [-0.15, -0.1) is 0 Å². The van der Waals surface area contributed by atoms with Crippen LogP contribution in [0.25, 0.3) is 6.08 Å². The Morgan fingerprint density at radius 1 is 1.14 bits per heavy atom. The highest BCUT2D eigenvalue weighted by Gasteiger charge is 2.26. The summed E-state index contributed by atoms with van der Waals surface area (Å²) in [5.74, 6) is -1.28. The van der Waals surface area contributed by atoms with Gasteiger partial charge in [-0.3, -0.25) is 9.69 Å². The van der Waals surface area contributed by atoms with Crippen molar-refractivity contribution in [2.45, 2.75) is 6.92 Å². The number of piperazine rings is 1. The zero-order valence-electron chi connectivity index (χ0n) is 12.9. The third kappa shape index (κ3) is 4.70. The van der Waals surface area contributed by atoms with Gasteiger partial charge < -0.3 is 9.64 Å². The van der Waals surface area contributed by atoms with Crippen molar-refractivity contribution >= 4 is 18.0 Å². The van der Waals surface area contributed by atoms with Gasteiger partial charge in [0.25, 0.3) is 0 Å². The number of nitrogens with zero attached hydrogens (tertiary/aromatic N) is 2. The zero-order chi connectivity index (χ0) is 15.8. The van der Waals surface area contributed by atoms with Crippen molar-refractivity contribution in [2.24, 2.45) is 0 Å². The first-order valence-corrected chi connectivity index (χ1v) is 7.60. The van der Waals surface area contributed by atoms with Crippen molar-refractivity contribution in [2.75, 3.05) is 39.3 Å². The summed E-state index contributed by atoms with van der Waals surface area (Å²) in [5, 5.41) is 0. The Morgan fingerprint density at radius 2 is 1.82 bits per heavy atom. The Hall–Kier alpha value is -2.14. The molecule has 0 spiro atoms. The van der Waals surface area contributed by atoms with Gasteiger partial charge in [-0.25, -0.2) is 4.79 Å². The van der Waals surface area contributed by atoms with Crippen molar-refractivity contribution in [1.82, 2.24) is 9.80 Å². The van der Waals surface area contributed by atoms with Gasteiger partial charge in [0.15, 0.2) is 0 Å². The number of hydrogen-bond donors (Lipinski definition) is 0. The van der Waals surface area contributed by atoms with E-state index in [-0.39, 0.29) is 6.61 Å². The van der Waals surface area contributed by atoms with Crippen LogP contribution in [0.2, 0.25) is 0 Å². The number of esters is 1. The largest absolute Gasteiger partial charge is 0.459 e. The zero-order valence-corrected chi connectivity index (χ0v) is 12.9. The fourth-order valence-electron chi connectivity index (χ4n) is 2.36. The van der Waals surface area contributed by atoms with Crippen LogP contribution >= 0.6 is 0 Å². The SMILES string of the molecule is CCOC(=O)C(=O)N1CCN(C/C=C/c2ccccc2)CC1. The van der Waals surface area contributed by atoms with E-state index in [0.717, 1.165) is 19.6 Å². The summed E-state index contributed by atoms with van der Waals surface area (Å²) < 4.78 is 4.74. The molecule has 1 saturated heterocycles. The highest BCUT2D eigenvalue weighted by Crippen LogP contribution is 2.05. The smallest absolute Gasteiger partial charge is 0.397 e. The second kappa shape index (κ2) is 8.34. The van der Waals surface area contributed by atoms with Crippen molar-refractivity contribution in [3.63, 3.8) is 0 Å². The normalized spacial score (nSPS) is 16.0. The number of amides is 1. The van der Waals surface area contributed by atoms with Gasteiger partial charge in [0.05, 0.1) is 6.61 Å². The van der Waals surface area contributed by atoms with Gasteiger partial charge >= 0.3 is 11.9 Å². The first-order valence-electron chi connectivity index (χ1n) is 7.60. The molecule has 118 valence electrons. The molecule has 0 N–H and O–H groups in total. The lowest BCUT2D eigenvalue weighted by Gasteiger charge is -2.33. The first-order chi connectivity index (χ1) is 10.7. The maximum Gasteiger partial charge on any atom is 0.397 e. The minimum Gasteiger partial charge on any atom is -0.459 e. The molecule has 1 heterocycles. The third-order valence-electron chi connectivity index (χ3n) is 3.58. The van der Waals surface area contributed by atoms with Gasteiger partial charge in [0.2, 0.25) is 0 Å². The Bertz CT molecular complexity index is 520. The molecular formula is C17H22N2O3. The number of carbonyl (C=O) groups is 2. The molecule has 1 aromatic rings. The Labute approximate surface area is 131 Å². The lowest BCUT2D eigenvalue weighted by atomic mass is 10.2. The predicted molar refractivity (Wildman–Crippen MR) is 85.1 cm³/mol. The van der Waals surface area contributed by atoms with Crippen LogP contribution in [0.1, 0.15) is 12.5 Å². The molecule has 0 aromatic heterocycles. The summed E-state index contributed by atoms with van der Waals surface area (Å²) in [6.45, 7) is 5.44. The summed E-state index contributed by atoms with van der Waals surface area (Å²) >= 11 is 0. The standard InChI is InChI=1S/C17H22N2O3/c1-2-22-17(21)16(20)19-13-11-18(12-14-19)10-6-9-15-7-4-3-5-8-15/h3-9H,2,10-14H2,1H3/b9-6+. The van der Waals surface area contributed by atoms with Crippen LogP contribution in [-0.2, 0) is 14.3 Å². The monoisotopic (exact) mass is 302 g/mol. The van der Waals surface area contributed by atoms with Crippen molar-refractivity contribution < 1.29 is 14.3 Å². The molecule has 0 saturated carbocycles. The Morgan fingerprint density at radius 3 is 2.45 bits per heavy atom. The van der Waals surface area contributed by atoms with E-state index in [0.29, 0.717) is 13.1 Å². The van der Waals surface area contributed by atoms with E-state index in [1.165, 1.54) is 5.56 Å². The van der Waals surface area contributed by atoms with Gasteiger partial charge in [0, 0.05) is 32.7 Å². The second-order valence-electron chi connectivity index (χ2n) is 5.13. The molecule has 2 rings (SSSR count). The van der Waals surface area contributed by atoms with Gasteiger partial charge in [-0.2, -0.15) is 0 Å². The maximum atomic E-state index is 11.8. The van der Waals surface area contributed by atoms with E-state index in [2.05, 4.69) is 29.2 Å². The number of carbonyl (C=O) groups excluding carboxylic acids is 2. The van der Waals surface area contributed by atoms with Crippen LogP contribution in [0.15, 0.2) is 36.4 Å². The molecule has 22 heavy (non-hydrogen) atoms. The van der Waals surface area contributed by atoms with Gasteiger partial charge in [-0.1, -0.05) is 42.5 Å². The fourth-order valence-corrected chi connectivity index (χ4v) is 2.36. The fraction of sp³-hybridized carbons (Fsp3) is 0.412. The molecule has 1 aliphatic rings. The molecule has 0 radical (unpaired) electrons. The van der Waals surface area contributed by atoms with E-state index in [1.807, 2.05) is 18.2 Å². The maximum absolute atomic E-state index is 11.8. The Balaban J connectivity index is 1.74. The van der Waals surface area contributed by atoms with E-state index in [1.54, 1.807) is 11.8 Å². The lowest BCUT2D eigenvalue weighted by molar-refractivity contribution is -0.160. The van der Waals surface area contributed by atoms with E-state index in [4.69, 9.17) is 4.74 Å². The lowest BCUT2D eigenvalue weighted by Crippen LogP contribution is -2.50. The number of hydrogen-bond acceptors (Lipinski definition) is 4. The summed E-state index contributed by atoms with van der Waals surface area (Å²) in [5.41, 5.74) is 1.18. The summed E-state index contributed by atoms with van der Waals surface area (Å²) in [4.78, 5) is 27.1. The van der Waals surface area contributed by atoms with Gasteiger partial charge in [-0.05, 0) is 12.5 Å². The van der Waals surface area contributed by atoms with E-state index in [9.17, 15) is 9.59 Å². The minimum atomic E-state index is -0.750. The molecule has 5 nitrogen and oxygen atoms in total. The molecule has 0 atom stereocenters. The summed E-state index contributed by atoms with van der Waals surface area (Å²) in [7, 11) is 0. The summed E-state index contributed by atoms with van der Waals surface area (Å²) in [6.07, 6.45) is 4.22. The van der Waals surface area contributed by atoms with Crippen LogP contribution in [-0.4, -0.2) is 61.0 Å². The molecule has 1 aliphatic heterocycles. The topological polar surface area (TPSA) is 49.9 Å². The molecule has 1 amide bonds. The van der Waals surface area contributed by atoms with E-state index < -0.39 is 11.9 Å². The Kier molecular flexibility index (Phi) is 6.15. The molecular weight excluding hydrogens is 280 g/mol. The van der Waals surface area contributed by atoms with Crippen LogP contribution in [0.5, 0.6) is 0 Å². The molecule has 0 unspecified atom stereocenters. The molecule has 1 aromatic carbocycles. The van der Waals surface area contributed by atoms with E-state index >= 15 is 0 Å².